The Balaban J connectivity index is 2.73. The van der Waals surface area contributed by atoms with Crippen LogP contribution in [0.4, 0.5) is 9.18 Å². The number of nitrogens with one attached hydrogen (secondary N) is 1. The molecule has 0 saturated carbocycles. The summed E-state index contributed by atoms with van der Waals surface area (Å²) in [4.78, 5) is 12.7. The fourth-order valence-corrected chi connectivity index (χ4v) is 1.38. The Morgan fingerprint density at radius 1 is 1.60 bits per heavy atom. The first-order chi connectivity index (χ1) is 7.04. The molecule has 0 aliphatic heterocycles. The van der Waals surface area contributed by atoms with Crippen LogP contribution in [0, 0.1) is 5.82 Å². The molecule has 0 saturated heterocycles. The molecule has 0 spiro atoms. The Morgan fingerprint density at radius 2 is 2.27 bits per heavy atom. The van der Waals surface area contributed by atoms with E-state index in [1.807, 2.05) is 0 Å². The van der Waals surface area contributed by atoms with Crippen LogP contribution in [-0.2, 0) is 6.54 Å². The average Bonchev–Trinajstić information content (AvgIpc) is 2.22. The number of nitrogens with zero attached hydrogens (tertiary/aromatic N) is 1. The number of rotatable bonds is 2. The van der Waals surface area contributed by atoms with Crippen molar-refractivity contribution in [1.82, 2.24) is 10.2 Å². The van der Waals surface area contributed by atoms with Gasteiger partial charge in [-0.05, 0) is 17.7 Å². The minimum Gasteiger partial charge on any atom is -0.341 e. The van der Waals surface area contributed by atoms with E-state index in [0.717, 1.165) is 5.56 Å². The molecule has 15 heavy (non-hydrogen) atoms. The second-order valence-electron chi connectivity index (χ2n) is 3.16. The topological polar surface area (TPSA) is 32.3 Å². The maximum absolute atomic E-state index is 12.8. The van der Waals surface area contributed by atoms with E-state index < -0.39 is 5.82 Å². The van der Waals surface area contributed by atoms with E-state index in [1.165, 1.54) is 17.0 Å². The maximum Gasteiger partial charge on any atom is 0.317 e. The fraction of sp³-hybridized carbons (Fsp3) is 0.300. The molecule has 1 rings (SSSR count). The van der Waals surface area contributed by atoms with Crippen molar-refractivity contribution in [2.45, 2.75) is 6.54 Å². The zero-order valence-electron chi connectivity index (χ0n) is 8.55. The summed E-state index contributed by atoms with van der Waals surface area (Å²) in [6, 6.07) is 4.20. The minimum atomic E-state index is -0.456. The van der Waals surface area contributed by atoms with Crippen LogP contribution in [0.25, 0.3) is 0 Å². The van der Waals surface area contributed by atoms with E-state index in [-0.39, 0.29) is 11.1 Å². The summed E-state index contributed by atoms with van der Waals surface area (Å²) >= 11 is 5.62. The highest BCUT2D eigenvalue weighted by Gasteiger charge is 2.07. The Kier molecular flexibility index (Phi) is 3.91. The van der Waals surface area contributed by atoms with Crippen molar-refractivity contribution in [2.24, 2.45) is 0 Å². The van der Waals surface area contributed by atoms with Crippen LogP contribution in [0.1, 0.15) is 5.56 Å². The summed E-state index contributed by atoms with van der Waals surface area (Å²) in [6.07, 6.45) is 0. The number of hydrogen-bond donors (Lipinski definition) is 1. The molecular weight excluding hydrogens is 219 g/mol. The van der Waals surface area contributed by atoms with E-state index in [0.29, 0.717) is 6.54 Å². The Labute approximate surface area is 92.8 Å². The molecule has 0 fully saturated rings. The van der Waals surface area contributed by atoms with Gasteiger partial charge in [-0.2, -0.15) is 0 Å². The van der Waals surface area contributed by atoms with Gasteiger partial charge in [-0.25, -0.2) is 9.18 Å². The van der Waals surface area contributed by atoms with Gasteiger partial charge in [0.2, 0.25) is 0 Å². The lowest BCUT2D eigenvalue weighted by Crippen LogP contribution is -2.34. The third-order valence-electron chi connectivity index (χ3n) is 1.96. The van der Waals surface area contributed by atoms with Crippen molar-refractivity contribution >= 4 is 17.6 Å². The van der Waals surface area contributed by atoms with Crippen molar-refractivity contribution in [2.75, 3.05) is 14.1 Å². The van der Waals surface area contributed by atoms with E-state index in [4.69, 9.17) is 11.6 Å². The molecule has 1 N–H and O–H groups in total. The van der Waals surface area contributed by atoms with Crippen molar-refractivity contribution in [3.63, 3.8) is 0 Å². The highest BCUT2D eigenvalue weighted by atomic mass is 35.5. The van der Waals surface area contributed by atoms with E-state index in [1.54, 1.807) is 20.2 Å². The standard InChI is InChI=1S/C10H12ClFN2O/c1-13-10(15)14(2)6-7-3-4-9(12)8(11)5-7/h3-5H,6H2,1-2H3,(H,13,15). The fourth-order valence-electron chi connectivity index (χ4n) is 1.17. The normalized spacial score (nSPS) is 9.87. The summed E-state index contributed by atoms with van der Waals surface area (Å²) in [5.41, 5.74) is 0.785. The third kappa shape index (κ3) is 3.09. The summed E-state index contributed by atoms with van der Waals surface area (Å²) in [5, 5.41) is 2.56. The van der Waals surface area contributed by atoms with Crippen molar-refractivity contribution in [3.8, 4) is 0 Å². The van der Waals surface area contributed by atoms with Gasteiger partial charge in [0.25, 0.3) is 0 Å². The van der Waals surface area contributed by atoms with E-state index in [2.05, 4.69) is 5.32 Å². The predicted molar refractivity (Wildman–Crippen MR) is 57.3 cm³/mol. The van der Waals surface area contributed by atoms with Crippen LogP contribution < -0.4 is 5.32 Å². The molecule has 0 aromatic heterocycles. The number of halogens is 2. The third-order valence-corrected chi connectivity index (χ3v) is 2.25. The second-order valence-corrected chi connectivity index (χ2v) is 3.57. The highest BCUT2D eigenvalue weighted by molar-refractivity contribution is 6.30. The van der Waals surface area contributed by atoms with Crippen LogP contribution in [0.2, 0.25) is 5.02 Å². The molecule has 0 aliphatic rings. The van der Waals surface area contributed by atoms with Crippen LogP contribution in [0.5, 0.6) is 0 Å². The molecule has 3 nitrogen and oxygen atoms in total. The molecule has 0 unspecified atom stereocenters. The van der Waals surface area contributed by atoms with Gasteiger partial charge in [0.1, 0.15) is 5.82 Å². The molecule has 0 heterocycles. The van der Waals surface area contributed by atoms with E-state index >= 15 is 0 Å². The van der Waals surface area contributed by atoms with Gasteiger partial charge in [-0.3, -0.25) is 0 Å². The highest BCUT2D eigenvalue weighted by Crippen LogP contribution is 2.16. The Bertz CT molecular complexity index is 370. The first kappa shape index (κ1) is 11.8. The van der Waals surface area contributed by atoms with Crippen molar-refractivity contribution in [1.29, 1.82) is 0 Å². The smallest absolute Gasteiger partial charge is 0.317 e. The van der Waals surface area contributed by atoms with Gasteiger partial charge in [-0.15, -0.1) is 0 Å². The number of urea groups is 1. The summed E-state index contributed by atoms with van der Waals surface area (Å²) in [6.45, 7) is 0.389. The predicted octanol–water partition coefficient (Wildman–Crippen LogP) is 2.25. The van der Waals surface area contributed by atoms with Gasteiger partial charge in [0, 0.05) is 20.6 Å². The SMILES string of the molecule is CNC(=O)N(C)Cc1ccc(F)c(Cl)c1. The van der Waals surface area contributed by atoms with Crippen molar-refractivity contribution < 1.29 is 9.18 Å². The second kappa shape index (κ2) is 4.98. The van der Waals surface area contributed by atoms with Gasteiger partial charge in [0.15, 0.2) is 0 Å². The number of carbonyl (C=O) groups is 1. The van der Waals surface area contributed by atoms with Gasteiger partial charge < -0.3 is 10.2 Å². The molecule has 0 atom stereocenters. The molecule has 2 amide bonds. The first-order valence-corrected chi connectivity index (χ1v) is 4.79. The molecule has 1 aromatic rings. The van der Waals surface area contributed by atoms with Crippen LogP contribution in [0.15, 0.2) is 18.2 Å². The largest absolute Gasteiger partial charge is 0.341 e. The summed E-state index contributed by atoms with van der Waals surface area (Å²) in [7, 11) is 3.20. The quantitative estimate of drug-likeness (QED) is 0.831. The Morgan fingerprint density at radius 3 is 2.80 bits per heavy atom. The molecule has 82 valence electrons. The summed E-state index contributed by atoms with van der Waals surface area (Å²) in [5.74, 6) is -0.456. The average molecular weight is 231 g/mol. The molecular formula is C10H12ClFN2O. The monoisotopic (exact) mass is 230 g/mol. The number of carbonyl (C=O) groups excluding carboxylic acids is 1. The minimum absolute atomic E-state index is 0.0674. The lowest BCUT2D eigenvalue weighted by molar-refractivity contribution is 0.209. The van der Waals surface area contributed by atoms with Gasteiger partial charge in [0.05, 0.1) is 5.02 Å². The van der Waals surface area contributed by atoms with Crippen LogP contribution in [0.3, 0.4) is 0 Å². The van der Waals surface area contributed by atoms with Gasteiger partial charge >= 0.3 is 6.03 Å². The Hall–Kier alpha value is -1.29. The van der Waals surface area contributed by atoms with E-state index in [9.17, 15) is 9.18 Å². The number of amides is 2. The zero-order chi connectivity index (χ0) is 11.4. The number of benzene rings is 1. The van der Waals surface area contributed by atoms with Crippen molar-refractivity contribution in [3.05, 3.63) is 34.6 Å². The van der Waals surface area contributed by atoms with Crippen LogP contribution >= 0.6 is 11.6 Å². The lowest BCUT2D eigenvalue weighted by Gasteiger charge is -2.16. The van der Waals surface area contributed by atoms with Crippen LogP contribution in [-0.4, -0.2) is 25.0 Å². The maximum atomic E-state index is 12.8. The number of hydrogen-bond acceptors (Lipinski definition) is 1. The molecule has 5 heteroatoms. The lowest BCUT2D eigenvalue weighted by atomic mass is 10.2. The molecule has 0 aliphatic carbocycles. The zero-order valence-corrected chi connectivity index (χ0v) is 9.31. The molecule has 0 radical (unpaired) electrons. The molecule has 0 bridgehead atoms. The first-order valence-electron chi connectivity index (χ1n) is 4.41. The van der Waals surface area contributed by atoms with Gasteiger partial charge in [-0.1, -0.05) is 17.7 Å². The summed E-state index contributed by atoms with van der Waals surface area (Å²) < 4.78 is 12.8. The molecule has 1 aromatic carbocycles.